The fraction of sp³-hybridized carbons (Fsp3) is 0.533. The standard InChI is InChI=1S/C30H37FN2O8/c1-13(34)19-25(38)22(33(6)7)15-12-29(5)11-14-16(31)10-17(32-18(35)8-9-28(2,3)4)23(36)20(14)24(37)21(29)27(40)30(15,41)26(19)39/h10,15,22,36-37,39,41H,8-9,11-12H2,1-7H3,(H,32,35)/t15-,22-,29-,30+/m0/s1. The van der Waals surface area contributed by atoms with Crippen LogP contribution >= 0.6 is 0 Å². The van der Waals surface area contributed by atoms with E-state index in [1.54, 1.807) is 6.92 Å². The van der Waals surface area contributed by atoms with Crippen LogP contribution in [0.25, 0.3) is 5.76 Å². The van der Waals surface area contributed by atoms with Crippen LogP contribution in [-0.4, -0.2) is 74.3 Å². The molecule has 3 aliphatic carbocycles. The average Bonchev–Trinajstić information content (AvgIpc) is 2.82. The number of fused-ring (bicyclic) bond motifs is 3. The van der Waals surface area contributed by atoms with Crippen molar-refractivity contribution >= 4 is 34.7 Å². The highest BCUT2D eigenvalue weighted by molar-refractivity contribution is 6.25. The highest BCUT2D eigenvalue weighted by atomic mass is 19.1. The van der Waals surface area contributed by atoms with Gasteiger partial charge in [0.15, 0.2) is 22.9 Å². The third-order valence-corrected chi connectivity index (χ3v) is 8.56. The summed E-state index contributed by atoms with van der Waals surface area (Å²) in [7, 11) is 3.06. The molecule has 4 atom stereocenters. The lowest BCUT2D eigenvalue weighted by Crippen LogP contribution is -2.67. The number of halogens is 1. The first-order valence-electron chi connectivity index (χ1n) is 13.5. The number of aliphatic hydroxyl groups is 3. The number of amides is 1. The van der Waals surface area contributed by atoms with E-state index >= 15 is 4.39 Å². The smallest absolute Gasteiger partial charge is 0.224 e. The second-order valence-electron chi connectivity index (χ2n) is 13.1. The van der Waals surface area contributed by atoms with Crippen LogP contribution < -0.4 is 5.32 Å². The van der Waals surface area contributed by atoms with Gasteiger partial charge in [-0.05, 0) is 45.7 Å². The van der Waals surface area contributed by atoms with Gasteiger partial charge >= 0.3 is 0 Å². The lowest BCUT2D eigenvalue weighted by molar-refractivity contribution is -0.156. The van der Waals surface area contributed by atoms with Crippen molar-refractivity contribution in [2.24, 2.45) is 16.7 Å². The lowest BCUT2D eigenvalue weighted by Gasteiger charge is -2.53. The summed E-state index contributed by atoms with van der Waals surface area (Å²) < 4.78 is 15.5. The van der Waals surface area contributed by atoms with Gasteiger partial charge in [-0.2, -0.15) is 0 Å². The van der Waals surface area contributed by atoms with E-state index < -0.39 is 80.5 Å². The number of aliphatic hydroxyl groups excluding tert-OH is 2. The molecule has 1 aromatic carbocycles. The maximum Gasteiger partial charge on any atom is 0.224 e. The van der Waals surface area contributed by atoms with Gasteiger partial charge in [0.1, 0.15) is 22.9 Å². The zero-order valence-corrected chi connectivity index (χ0v) is 24.3. The van der Waals surface area contributed by atoms with Crippen LogP contribution in [0.15, 0.2) is 23.0 Å². The number of phenols is 1. The zero-order chi connectivity index (χ0) is 31.0. The zero-order valence-electron chi connectivity index (χ0n) is 24.3. The summed E-state index contributed by atoms with van der Waals surface area (Å²) in [5.41, 5.74) is -6.11. The largest absolute Gasteiger partial charge is 0.508 e. The molecule has 1 saturated carbocycles. The molecule has 3 aliphatic rings. The number of nitrogens with zero attached hydrogens (tertiary/aromatic N) is 1. The number of hydrogen-bond donors (Lipinski definition) is 5. The van der Waals surface area contributed by atoms with Crippen molar-refractivity contribution in [3.8, 4) is 5.75 Å². The molecule has 0 radical (unpaired) electrons. The number of rotatable bonds is 5. The van der Waals surface area contributed by atoms with Crippen LogP contribution in [0.1, 0.15) is 65.0 Å². The van der Waals surface area contributed by atoms with E-state index in [1.165, 1.54) is 19.0 Å². The molecular formula is C30H37FN2O8. The van der Waals surface area contributed by atoms with E-state index in [2.05, 4.69) is 5.32 Å². The Morgan fingerprint density at radius 2 is 1.78 bits per heavy atom. The molecule has 1 aromatic rings. The summed E-state index contributed by atoms with van der Waals surface area (Å²) in [6.45, 7) is 8.45. The van der Waals surface area contributed by atoms with Crippen molar-refractivity contribution < 1.29 is 44.0 Å². The average molecular weight is 573 g/mol. The minimum Gasteiger partial charge on any atom is -0.508 e. The summed E-state index contributed by atoms with van der Waals surface area (Å²) >= 11 is 0. The molecule has 11 heteroatoms. The summed E-state index contributed by atoms with van der Waals surface area (Å²) in [5, 5.41) is 47.8. The first-order chi connectivity index (χ1) is 18.8. The minimum absolute atomic E-state index is 0.0928. The number of Topliss-reactive ketones (excluding diaryl/α,β-unsaturated/α-hetero) is 3. The van der Waals surface area contributed by atoms with Gasteiger partial charge in [-0.1, -0.05) is 27.7 Å². The molecule has 10 nitrogen and oxygen atoms in total. The lowest BCUT2D eigenvalue weighted by atomic mass is 9.52. The number of anilines is 1. The monoisotopic (exact) mass is 572 g/mol. The SMILES string of the molecule is CC(=O)C1=C(O)[C@@]2(O)C(=O)C3=C(O)c4c(O)c(NC(=O)CCC(C)(C)C)cc(F)c4C[C@@]3(C)C[C@H]2[C@H](N(C)C)C1=O. The number of phenolic OH excluding ortho intramolecular Hbond substituents is 1. The van der Waals surface area contributed by atoms with E-state index in [-0.39, 0.29) is 41.5 Å². The van der Waals surface area contributed by atoms with Crippen LogP contribution in [0.2, 0.25) is 0 Å². The minimum atomic E-state index is -2.74. The molecule has 0 unspecified atom stereocenters. The van der Waals surface area contributed by atoms with Gasteiger partial charge in [-0.15, -0.1) is 0 Å². The van der Waals surface area contributed by atoms with Gasteiger partial charge in [-0.3, -0.25) is 24.1 Å². The predicted molar refractivity (Wildman–Crippen MR) is 148 cm³/mol. The summed E-state index contributed by atoms with van der Waals surface area (Å²) in [6.07, 6.45) is 0.264. The van der Waals surface area contributed by atoms with Crippen molar-refractivity contribution in [3.63, 3.8) is 0 Å². The van der Waals surface area contributed by atoms with Gasteiger partial charge < -0.3 is 25.7 Å². The molecule has 1 amide bonds. The normalized spacial score (nSPS) is 28.0. The molecule has 5 N–H and O–H groups in total. The third-order valence-electron chi connectivity index (χ3n) is 8.56. The number of carbonyl (C=O) groups excluding carboxylic acids is 4. The second kappa shape index (κ2) is 9.77. The molecule has 41 heavy (non-hydrogen) atoms. The molecule has 0 spiro atoms. The Morgan fingerprint density at radius 1 is 1.17 bits per heavy atom. The number of nitrogens with one attached hydrogen (secondary N) is 1. The van der Waals surface area contributed by atoms with Gasteiger partial charge in [0.2, 0.25) is 11.7 Å². The molecule has 4 rings (SSSR count). The van der Waals surface area contributed by atoms with Crippen molar-refractivity contribution in [1.82, 2.24) is 4.90 Å². The Labute approximate surface area is 237 Å². The Hall–Kier alpha value is -3.57. The van der Waals surface area contributed by atoms with E-state index in [0.717, 1.165) is 13.0 Å². The fourth-order valence-corrected chi connectivity index (χ4v) is 6.54. The number of hydrogen-bond acceptors (Lipinski definition) is 9. The summed E-state index contributed by atoms with van der Waals surface area (Å²) in [5.74, 6) is -7.88. The van der Waals surface area contributed by atoms with Crippen molar-refractivity contribution in [2.75, 3.05) is 19.4 Å². The van der Waals surface area contributed by atoms with Gasteiger partial charge in [0.05, 0.1) is 17.3 Å². The first-order valence-corrected chi connectivity index (χ1v) is 13.5. The van der Waals surface area contributed by atoms with Crippen molar-refractivity contribution in [2.45, 2.75) is 71.9 Å². The highest BCUT2D eigenvalue weighted by Gasteiger charge is 2.66. The Kier molecular flexibility index (Phi) is 7.24. The van der Waals surface area contributed by atoms with Crippen LogP contribution in [0, 0.1) is 22.6 Å². The molecule has 222 valence electrons. The van der Waals surface area contributed by atoms with E-state index in [0.29, 0.717) is 6.42 Å². The van der Waals surface area contributed by atoms with Gasteiger partial charge in [-0.25, -0.2) is 4.39 Å². The fourth-order valence-electron chi connectivity index (χ4n) is 6.54. The van der Waals surface area contributed by atoms with Crippen LogP contribution in [0.3, 0.4) is 0 Å². The molecule has 0 bridgehead atoms. The predicted octanol–water partition coefficient (Wildman–Crippen LogP) is 3.36. The summed E-state index contributed by atoms with van der Waals surface area (Å²) in [6, 6.07) is -0.226. The van der Waals surface area contributed by atoms with Crippen molar-refractivity contribution in [1.29, 1.82) is 0 Å². The van der Waals surface area contributed by atoms with Crippen molar-refractivity contribution in [3.05, 3.63) is 39.9 Å². The maximum atomic E-state index is 15.5. The Balaban J connectivity index is 1.88. The molecule has 0 saturated heterocycles. The molecule has 0 heterocycles. The Bertz CT molecular complexity index is 1450. The van der Waals surface area contributed by atoms with Gasteiger partial charge in [0.25, 0.3) is 0 Å². The van der Waals surface area contributed by atoms with E-state index in [4.69, 9.17) is 0 Å². The number of benzene rings is 1. The second-order valence-corrected chi connectivity index (χ2v) is 13.1. The maximum absolute atomic E-state index is 15.5. The number of likely N-dealkylation sites (N-methyl/N-ethyl adjacent to an activating group) is 1. The summed E-state index contributed by atoms with van der Waals surface area (Å²) in [4.78, 5) is 53.7. The third kappa shape index (κ3) is 4.64. The number of carbonyl (C=O) groups is 4. The Morgan fingerprint density at radius 3 is 2.32 bits per heavy atom. The molecular weight excluding hydrogens is 535 g/mol. The number of ketones is 3. The molecule has 0 aromatic heterocycles. The first kappa shape index (κ1) is 30.4. The molecule has 1 fully saturated rings. The quantitative estimate of drug-likeness (QED) is 0.263. The van der Waals surface area contributed by atoms with Crippen LogP contribution in [0.4, 0.5) is 10.1 Å². The van der Waals surface area contributed by atoms with E-state index in [1.807, 2.05) is 20.8 Å². The van der Waals surface area contributed by atoms with Gasteiger partial charge in [0, 0.05) is 35.0 Å². The van der Waals surface area contributed by atoms with Crippen LogP contribution in [-0.2, 0) is 25.6 Å². The topological polar surface area (TPSA) is 164 Å². The molecule has 0 aliphatic heterocycles. The highest BCUT2D eigenvalue weighted by Crippen LogP contribution is 2.58. The van der Waals surface area contributed by atoms with E-state index in [9.17, 15) is 39.6 Å². The van der Waals surface area contributed by atoms with Crippen LogP contribution in [0.5, 0.6) is 5.75 Å². The number of aromatic hydroxyl groups is 1.